The van der Waals surface area contributed by atoms with Crippen LogP contribution in [0.4, 0.5) is 0 Å². The van der Waals surface area contributed by atoms with Gasteiger partial charge >= 0.3 is 0 Å². The number of Topliss-reactive ketones (excluding diaryl/α,β-unsaturated/α-hetero) is 2. The summed E-state index contributed by atoms with van der Waals surface area (Å²) in [5.74, 6) is -0.687. The van der Waals surface area contributed by atoms with Crippen LogP contribution in [-0.2, 0) is 14.4 Å². The fourth-order valence-electron chi connectivity index (χ4n) is 5.01. The van der Waals surface area contributed by atoms with Crippen molar-refractivity contribution in [2.75, 3.05) is 20.3 Å². The van der Waals surface area contributed by atoms with Crippen LogP contribution in [0.5, 0.6) is 11.5 Å². The Hall–Kier alpha value is -3.09. The molecule has 0 N–H and O–H groups in total. The molecule has 1 heterocycles. The van der Waals surface area contributed by atoms with Gasteiger partial charge in [-0.3, -0.25) is 9.59 Å². The molecular formula is C24H26NO6-. The molecule has 1 aromatic carbocycles. The summed E-state index contributed by atoms with van der Waals surface area (Å²) in [6.07, 6.45) is 3.31. The molecule has 1 aromatic rings. The van der Waals surface area contributed by atoms with E-state index >= 15 is 0 Å². The first-order valence-electron chi connectivity index (χ1n) is 10.8. The molecule has 0 amide bonds. The Morgan fingerprint density at radius 1 is 1.03 bits per heavy atom. The van der Waals surface area contributed by atoms with Gasteiger partial charge in [-0.15, -0.1) is 0 Å². The molecule has 0 unspecified atom stereocenters. The van der Waals surface area contributed by atoms with Gasteiger partial charge in [-0.2, -0.15) is 0 Å². The second-order valence-corrected chi connectivity index (χ2v) is 8.01. The number of allylic oxidation sites excluding steroid dienone is 4. The number of nitrogens with zero attached hydrogens (tertiary/aromatic N) is 1. The fourth-order valence-corrected chi connectivity index (χ4v) is 5.01. The van der Waals surface area contributed by atoms with Crippen molar-refractivity contribution in [3.8, 4) is 11.5 Å². The van der Waals surface area contributed by atoms with Crippen LogP contribution in [0.1, 0.15) is 56.9 Å². The molecule has 0 atom stereocenters. The average Bonchev–Trinajstić information content (AvgIpc) is 2.75. The summed E-state index contributed by atoms with van der Waals surface area (Å²) in [5.41, 5.74) is 3.28. The molecule has 1 aliphatic heterocycles. The number of carboxylic acids is 1. The number of hydrogen-bond donors (Lipinski definition) is 0. The Morgan fingerprint density at radius 3 is 2.16 bits per heavy atom. The van der Waals surface area contributed by atoms with Crippen molar-refractivity contribution >= 4 is 17.5 Å². The summed E-state index contributed by atoms with van der Waals surface area (Å²) in [4.78, 5) is 39.4. The van der Waals surface area contributed by atoms with Crippen LogP contribution in [0.3, 0.4) is 0 Å². The number of ether oxygens (including phenoxy) is 2. The maximum absolute atomic E-state index is 13.1. The van der Waals surface area contributed by atoms with E-state index in [0.29, 0.717) is 79.2 Å². The van der Waals surface area contributed by atoms with Gasteiger partial charge in [0.2, 0.25) is 0 Å². The molecule has 0 saturated heterocycles. The smallest absolute Gasteiger partial charge is 0.161 e. The van der Waals surface area contributed by atoms with E-state index in [2.05, 4.69) is 0 Å². The normalized spacial score (nSPS) is 19.4. The number of carbonyl (C=O) groups is 3. The van der Waals surface area contributed by atoms with Gasteiger partial charge in [-0.05, 0) is 50.3 Å². The lowest BCUT2D eigenvalue weighted by molar-refractivity contribution is -0.305. The average molecular weight is 424 g/mol. The van der Waals surface area contributed by atoms with E-state index in [1.165, 1.54) is 0 Å². The van der Waals surface area contributed by atoms with E-state index in [0.717, 1.165) is 5.56 Å². The number of hydrogen-bond acceptors (Lipinski definition) is 7. The van der Waals surface area contributed by atoms with Crippen LogP contribution in [0.2, 0.25) is 0 Å². The van der Waals surface area contributed by atoms with Gasteiger partial charge in [-0.1, -0.05) is 6.07 Å². The standard InChI is InChI=1S/C24H27NO6/c1-3-31-19-11-10-14(12-20(19)30-2)22-23-15(6-4-8-17(23)26)25(13-21(28)29)16-7-5-9-18(27)24(16)22/h10-12,22H,3-9,13H2,1-2H3,(H,28,29)/p-1. The molecule has 0 radical (unpaired) electrons. The van der Waals surface area contributed by atoms with E-state index in [-0.39, 0.29) is 18.1 Å². The molecular weight excluding hydrogens is 398 g/mol. The highest BCUT2D eigenvalue weighted by Crippen LogP contribution is 2.49. The fraction of sp³-hybridized carbons (Fsp3) is 0.458. The quantitative estimate of drug-likeness (QED) is 0.691. The first-order chi connectivity index (χ1) is 15.0. The van der Waals surface area contributed by atoms with Crippen molar-refractivity contribution < 1.29 is 29.0 Å². The maximum Gasteiger partial charge on any atom is 0.161 e. The molecule has 0 bridgehead atoms. The second kappa shape index (κ2) is 8.57. The van der Waals surface area contributed by atoms with Crippen molar-refractivity contribution in [1.29, 1.82) is 0 Å². The number of rotatable bonds is 6. The minimum atomic E-state index is -1.23. The first-order valence-corrected chi connectivity index (χ1v) is 10.8. The van der Waals surface area contributed by atoms with Crippen LogP contribution < -0.4 is 14.6 Å². The van der Waals surface area contributed by atoms with E-state index in [1.807, 2.05) is 19.1 Å². The molecule has 0 saturated carbocycles. The molecule has 0 aromatic heterocycles. The van der Waals surface area contributed by atoms with Crippen LogP contribution in [0, 0.1) is 0 Å². The predicted molar refractivity (Wildman–Crippen MR) is 110 cm³/mol. The first kappa shape index (κ1) is 21.2. The van der Waals surface area contributed by atoms with Crippen molar-refractivity contribution in [2.45, 2.75) is 51.4 Å². The zero-order valence-electron chi connectivity index (χ0n) is 17.9. The largest absolute Gasteiger partial charge is 0.548 e. The summed E-state index contributed by atoms with van der Waals surface area (Å²) >= 11 is 0. The van der Waals surface area contributed by atoms with E-state index in [1.54, 1.807) is 18.1 Å². The Morgan fingerprint density at radius 2 is 1.65 bits per heavy atom. The third-order valence-corrected chi connectivity index (χ3v) is 6.19. The van der Waals surface area contributed by atoms with Gasteiger partial charge in [0, 0.05) is 41.3 Å². The Labute approximate surface area is 181 Å². The highest BCUT2D eigenvalue weighted by Gasteiger charge is 2.43. The maximum atomic E-state index is 13.1. The number of carboxylic acid groups (broad SMARTS) is 1. The molecule has 7 heteroatoms. The summed E-state index contributed by atoms with van der Waals surface area (Å²) in [6, 6.07) is 5.49. The number of carbonyl (C=O) groups excluding carboxylic acids is 3. The molecule has 7 nitrogen and oxygen atoms in total. The van der Waals surface area contributed by atoms with Crippen LogP contribution in [0.25, 0.3) is 0 Å². The molecule has 3 aliphatic rings. The van der Waals surface area contributed by atoms with Gasteiger partial charge in [0.15, 0.2) is 23.1 Å². The van der Waals surface area contributed by atoms with Gasteiger partial charge in [0.1, 0.15) is 0 Å². The number of benzene rings is 1. The Kier molecular flexibility index (Phi) is 5.85. The lowest BCUT2D eigenvalue weighted by Gasteiger charge is -2.44. The highest BCUT2D eigenvalue weighted by atomic mass is 16.5. The zero-order chi connectivity index (χ0) is 22.1. The van der Waals surface area contributed by atoms with Crippen LogP contribution in [0.15, 0.2) is 40.7 Å². The molecule has 0 spiro atoms. The summed E-state index contributed by atoms with van der Waals surface area (Å²) in [6.45, 7) is 2.02. The summed E-state index contributed by atoms with van der Waals surface area (Å²) in [7, 11) is 1.55. The number of methoxy groups -OCH3 is 1. The zero-order valence-corrected chi connectivity index (χ0v) is 17.9. The number of ketones is 2. The summed E-state index contributed by atoms with van der Waals surface area (Å²) < 4.78 is 11.1. The van der Waals surface area contributed by atoms with Gasteiger partial charge in [0.05, 0.1) is 26.2 Å². The van der Waals surface area contributed by atoms with Crippen LogP contribution >= 0.6 is 0 Å². The van der Waals surface area contributed by atoms with E-state index in [4.69, 9.17) is 9.47 Å². The van der Waals surface area contributed by atoms with Crippen LogP contribution in [-0.4, -0.2) is 42.7 Å². The predicted octanol–water partition coefficient (Wildman–Crippen LogP) is 2.26. The lowest BCUT2D eigenvalue weighted by atomic mass is 9.71. The van der Waals surface area contributed by atoms with Gasteiger partial charge < -0.3 is 24.3 Å². The van der Waals surface area contributed by atoms with E-state index in [9.17, 15) is 19.5 Å². The van der Waals surface area contributed by atoms with Gasteiger partial charge in [-0.25, -0.2) is 0 Å². The summed E-state index contributed by atoms with van der Waals surface area (Å²) in [5, 5.41) is 11.5. The molecule has 4 rings (SSSR count). The lowest BCUT2D eigenvalue weighted by Crippen LogP contribution is -2.44. The van der Waals surface area contributed by atoms with Crippen molar-refractivity contribution in [3.63, 3.8) is 0 Å². The SMILES string of the molecule is CCOc1ccc(C2C3=C(CCCC3=O)N(CC(=O)[O-])C3=C2C(=O)CCC3)cc1OC. The highest BCUT2D eigenvalue weighted by molar-refractivity contribution is 6.06. The molecule has 2 aliphatic carbocycles. The topological polar surface area (TPSA) is 96.0 Å². The monoisotopic (exact) mass is 424 g/mol. The Bertz CT molecular complexity index is 961. The third kappa shape index (κ3) is 3.73. The second-order valence-electron chi connectivity index (χ2n) is 8.01. The molecule has 0 fully saturated rings. The Balaban J connectivity index is 1.92. The van der Waals surface area contributed by atoms with Crippen molar-refractivity contribution in [3.05, 3.63) is 46.3 Å². The minimum absolute atomic E-state index is 0.0348. The minimum Gasteiger partial charge on any atom is -0.548 e. The molecule has 164 valence electrons. The number of aliphatic carboxylic acids is 1. The van der Waals surface area contributed by atoms with E-state index < -0.39 is 11.9 Å². The van der Waals surface area contributed by atoms with Gasteiger partial charge in [0.25, 0.3) is 0 Å². The van der Waals surface area contributed by atoms with Crippen molar-refractivity contribution in [2.24, 2.45) is 0 Å². The molecule has 31 heavy (non-hydrogen) atoms. The van der Waals surface area contributed by atoms with Crippen molar-refractivity contribution in [1.82, 2.24) is 4.90 Å². The third-order valence-electron chi connectivity index (χ3n) is 6.19.